The van der Waals surface area contributed by atoms with Crippen LogP contribution in [-0.2, 0) is 54.1 Å². The van der Waals surface area contributed by atoms with E-state index in [2.05, 4.69) is 34.7 Å². The van der Waals surface area contributed by atoms with Gasteiger partial charge in [-0.25, -0.2) is 4.98 Å². The van der Waals surface area contributed by atoms with Crippen molar-refractivity contribution in [2.45, 2.75) is 195 Å². The zero-order valence-electron chi connectivity index (χ0n) is 47.3. The first-order valence-corrected chi connectivity index (χ1v) is 28.6. The number of nitrogens with zero attached hydrogens (tertiary/aromatic N) is 3. The van der Waals surface area contributed by atoms with Gasteiger partial charge in [0.25, 0.3) is 5.91 Å². The summed E-state index contributed by atoms with van der Waals surface area (Å²) >= 11 is 1.31. The third-order valence-corrected chi connectivity index (χ3v) is 14.8. The second-order valence-electron chi connectivity index (χ2n) is 20.7. The van der Waals surface area contributed by atoms with Crippen LogP contribution in [0.2, 0.25) is 0 Å². The first-order chi connectivity index (χ1) is 36.3. The van der Waals surface area contributed by atoms with Crippen LogP contribution in [-0.4, -0.2) is 157 Å². The van der Waals surface area contributed by atoms with E-state index in [4.69, 9.17) is 28.7 Å². The van der Waals surface area contributed by atoms with Crippen LogP contribution in [0.25, 0.3) is 0 Å². The van der Waals surface area contributed by atoms with Crippen LogP contribution in [0.5, 0.6) is 5.75 Å². The predicted molar refractivity (Wildman–Crippen MR) is 291 cm³/mol. The van der Waals surface area contributed by atoms with Crippen molar-refractivity contribution < 1.29 is 62.7 Å². The number of hydrogen-bond acceptors (Lipinski definition) is 16. The summed E-state index contributed by atoms with van der Waals surface area (Å²) in [5.41, 5.74) is 1.000. The van der Waals surface area contributed by atoms with Crippen molar-refractivity contribution in [1.82, 2.24) is 30.7 Å². The molecule has 0 bridgehead atoms. The van der Waals surface area contributed by atoms with Crippen LogP contribution in [0.4, 0.5) is 0 Å². The number of thiazole rings is 1. The fraction of sp³-hybridized carbons (Fsp3) is 0.732. The molecule has 1 aliphatic rings. The molecule has 5 N–H and O–H groups in total. The van der Waals surface area contributed by atoms with E-state index in [1.807, 2.05) is 46.6 Å². The van der Waals surface area contributed by atoms with Gasteiger partial charge in [-0.3, -0.25) is 33.7 Å². The molecule has 0 aliphatic carbocycles. The maximum atomic E-state index is 14.8. The molecule has 4 amide bonds. The molecule has 0 spiro atoms. The maximum Gasteiger partial charge on any atom is 0.309 e. The molecule has 430 valence electrons. The van der Waals surface area contributed by atoms with Crippen molar-refractivity contribution in [3.63, 3.8) is 0 Å². The van der Waals surface area contributed by atoms with E-state index >= 15 is 0 Å². The van der Waals surface area contributed by atoms with E-state index < -0.39 is 60.4 Å². The number of hydrogen-bond donors (Lipinski definition) is 5. The number of carbonyl (C=O) groups is 6. The lowest BCUT2D eigenvalue weighted by Crippen LogP contribution is -2.58. The molecule has 3 rings (SSSR count). The topological polar surface area (TPSA) is 244 Å². The van der Waals surface area contributed by atoms with E-state index in [0.717, 1.165) is 37.8 Å². The number of likely N-dealkylation sites (N-methyl/N-ethyl adjacent to an activating group) is 1. The van der Waals surface area contributed by atoms with Gasteiger partial charge in [-0.15, -0.1) is 11.3 Å². The zero-order valence-corrected chi connectivity index (χ0v) is 48.1. The minimum absolute atomic E-state index is 0.00981. The fourth-order valence-corrected chi connectivity index (χ4v) is 9.94. The van der Waals surface area contributed by atoms with Crippen LogP contribution >= 0.6 is 11.3 Å². The highest BCUT2D eigenvalue weighted by molar-refractivity contribution is 7.09. The molecule has 76 heavy (non-hydrogen) atoms. The number of likely N-dealkylation sites (tertiary alicyclic amines) is 1. The summed E-state index contributed by atoms with van der Waals surface area (Å²) in [7, 11) is 3.37. The second kappa shape index (κ2) is 34.9. The highest BCUT2D eigenvalue weighted by Gasteiger charge is 2.38. The zero-order chi connectivity index (χ0) is 56.3. The maximum absolute atomic E-state index is 14.8. The number of aromatic nitrogens is 1. The Morgan fingerprint density at radius 3 is 2.28 bits per heavy atom. The molecule has 2 heterocycles. The summed E-state index contributed by atoms with van der Waals surface area (Å²) in [6.45, 7) is 19.0. The van der Waals surface area contributed by atoms with E-state index in [0.29, 0.717) is 50.3 Å². The molecule has 1 aromatic carbocycles. The Morgan fingerprint density at radius 1 is 0.934 bits per heavy atom. The minimum atomic E-state index is -0.827. The van der Waals surface area contributed by atoms with Gasteiger partial charge in [-0.05, 0) is 101 Å². The number of piperidine rings is 1. The number of benzene rings is 1. The molecule has 1 aliphatic heterocycles. The van der Waals surface area contributed by atoms with E-state index in [1.165, 1.54) is 18.4 Å². The lowest BCUT2D eigenvalue weighted by atomic mass is 9.92. The predicted octanol–water partition coefficient (Wildman–Crippen LogP) is 6.87. The average Bonchev–Trinajstić information content (AvgIpc) is 3.90. The van der Waals surface area contributed by atoms with Crippen molar-refractivity contribution in [2.75, 3.05) is 53.6 Å². The van der Waals surface area contributed by atoms with Crippen LogP contribution in [0.15, 0.2) is 29.6 Å². The number of carbonyl (C=O) groups excluding carboxylic acids is 6. The molecule has 0 saturated carbocycles. The van der Waals surface area contributed by atoms with Crippen LogP contribution in [0.3, 0.4) is 0 Å². The van der Waals surface area contributed by atoms with Gasteiger partial charge < -0.3 is 54.7 Å². The van der Waals surface area contributed by atoms with Gasteiger partial charge in [0.15, 0.2) is 6.29 Å². The minimum Gasteiger partial charge on any atom is -0.508 e. The number of aliphatic hydroxyl groups excluding tert-OH is 1. The number of esters is 2. The number of amides is 4. The summed E-state index contributed by atoms with van der Waals surface area (Å²) in [6, 6.07) is 4.82. The average molecular weight is 1090 g/mol. The first kappa shape index (κ1) is 65.6. The van der Waals surface area contributed by atoms with Gasteiger partial charge >= 0.3 is 11.9 Å². The number of methoxy groups -OCH3 is 1. The normalized spacial score (nSPS) is 17.5. The van der Waals surface area contributed by atoms with Gasteiger partial charge in [-0.1, -0.05) is 80.4 Å². The summed E-state index contributed by atoms with van der Waals surface area (Å²) < 4.78 is 28.1. The first-order valence-electron chi connectivity index (χ1n) is 27.7. The summed E-state index contributed by atoms with van der Waals surface area (Å²) in [5, 5.41) is 30.7. The second-order valence-corrected chi connectivity index (χ2v) is 21.5. The largest absolute Gasteiger partial charge is 0.508 e. The lowest BCUT2D eigenvalue weighted by molar-refractivity contribution is -0.194. The molecule has 1 aromatic heterocycles. The molecule has 1 saturated heterocycles. The number of aromatic hydroxyl groups is 1. The molecule has 1 fully saturated rings. The van der Waals surface area contributed by atoms with Gasteiger partial charge in [0.1, 0.15) is 41.3 Å². The van der Waals surface area contributed by atoms with E-state index in [1.54, 1.807) is 43.5 Å². The Labute approximate surface area is 456 Å². The lowest BCUT2D eigenvalue weighted by Gasteiger charge is -2.40. The van der Waals surface area contributed by atoms with Crippen molar-refractivity contribution >= 4 is 46.9 Å². The van der Waals surface area contributed by atoms with Crippen molar-refractivity contribution in [2.24, 2.45) is 17.8 Å². The summed E-state index contributed by atoms with van der Waals surface area (Å²) in [4.78, 5) is 89.9. The number of rotatable bonds is 36. The Kier molecular flexibility index (Phi) is 30.1. The van der Waals surface area contributed by atoms with Gasteiger partial charge in [0.2, 0.25) is 17.7 Å². The quantitative estimate of drug-likeness (QED) is 0.0345. The molecular weight excluding hydrogens is 997 g/mol. The molecule has 2 aromatic rings. The Hall–Kier alpha value is -4.73. The number of phenols is 1. The van der Waals surface area contributed by atoms with Crippen molar-refractivity contribution in [1.29, 1.82) is 0 Å². The van der Waals surface area contributed by atoms with Crippen LogP contribution in [0.1, 0.15) is 167 Å². The highest BCUT2D eigenvalue weighted by Crippen LogP contribution is 2.32. The molecule has 10 atom stereocenters. The highest BCUT2D eigenvalue weighted by atomic mass is 32.1. The molecular formula is C56H92N6O13S. The van der Waals surface area contributed by atoms with Crippen LogP contribution < -0.4 is 16.0 Å². The van der Waals surface area contributed by atoms with Crippen LogP contribution in [0, 0.1) is 17.8 Å². The Balaban J connectivity index is 1.70. The summed E-state index contributed by atoms with van der Waals surface area (Å²) in [6.07, 6.45) is 4.22. The van der Waals surface area contributed by atoms with Gasteiger partial charge in [0.05, 0.1) is 31.2 Å². The third-order valence-electron chi connectivity index (χ3n) is 13.9. The SMILES string of the molecule is CCCO[C@H](C[C@H](C(C)C)N(CCC)C(=O)[C@@H](NC(=O)[C@H]1CCCCN1C)[C@@H](C)CC)c1nc(C(=O)N[C@@H](Cc2ccc(O)cc2)C[C@H](C)C(=O)OC(C)CNC(=O)CCCC(=O)OCC(OC)OC(CC)CO)cs1. The van der Waals surface area contributed by atoms with Gasteiger partial charge in [0, 0.05) is 57.0 Å². The monoisotopic (exact) mass is 1090 g/mol. The van der Waals surface area contributed by atoms with Crippen molar-refractivity contribution in [3.05, 3.63) is 45.9 Å². The third kappa shape index (κ3) is 22.3. The fourth-order valence-electron chi connectivity index (χ4n) is 9.08. The molecule has 20 heteroatoms. The smallest absolute Gasteiger partial charge is 0.309 e. The Bertz CT molecular complexity index is 2050. The Morgan fingerprint density at radius 2 is 1.66 bits per heavy atom. The number of nitrogens with one attached hydrogen (secondary N) is 3. The van der Waals surface area contributed by atoms with Gasteiger partial charge in [-0.2, -0.15) is 0 Å². The standard InChI is InChI=1S/C56H92N6O13S/c1-12-26-62(55(69)51(37(7)14-3)60-53(68)45-19-16-17-27-61(45)10)46(36(5)6)31-47(72-28-13-2)54-59-44(35-76-54)52(67)58-41(30-40-22-24-42(64)25-23-40)29-38(8)56(70)74-39(9)32-57-48(65)20-18-21-49(66)73-34-50(71-11)75-43(15-4)33-63/h22-25,35-39,41,43,45-47,50-51,63-64H,12-21,26-34H2,1-11H3,(H,57,65)(H,58,67)(H,60,68)/t37-,38-,39?,41+,43?,45+,46+,47+,50?,51-/m0/s1. The number of aliphatic hydroxyl groups is 1. The number of ether oxygens (including phenoxy) is 5. The van der Waals surface area contributed by atoms with Crippen molar-refractivity contribution in [3.8, 4) is 5.75 Å². The summed E-state index contributed by atoms with van der Waals surface area (Å²) in [5.74, 6) is -2.70. The molecule has 0 radical (unpaired) electrons. The number of phenolic OH excluding ortho intramolecular Hbond substituents is 1. The molecule has 3 unspecified atom stereocenters. The van der Waals surface area contributed by atoms with E-state index in [9.17, 15) is 39.0 Å². The van der Waals surface area contributed by atoms with E-state index in [-0.39, 0.29) is 98.5 Å². The molecule has 19 nitrogen and oxygen atoms in total.